The summed E-state index contributed by atoms with van der Waals surface area (Å²) in [7, 11) is -2.44. The standard InChI is InChI=1S/C15H12ClN5O3S2/c1-24-15-11(8-25-19-15)20-26(22,23)12-7-17-13-9(12)3-4-10(16)14(13)21-6-2-5-18-21/h2-8,17,20H,1H3. The van der Waals surface area contributed by atoms with Gasteiger partial charge in [-0.05, 0) is 29.7 Å². The minimum atomic E-state index is -3.86. The maximum Gasteiger partial charge on any atom is 0.264 e. The molecule has 4 aromatic rings. The number of halogens is 1. The number of rotatable bonds is 5. The number of hydrogen-bond donors (Lipinski definition) is 2. The first kappa shape index (κ1) is 16.9. The van der Waals surface area contributed by atoms with Crippen LogP contribution in [0.15, 0.2) is 47.1 Å². The van der Waals surface area contributed by atoms with E-state index in [0.29, 0.717) is 21.6 Å². The molecule has 11 heteroatoms. The highest BCUT2D eigenvalue weighted by Gasteiger charge is 2.23. The van der Waals surface area contributed by atoms with Gasteiger partial charge >= 0.3 is 0 Å². The molecule has 0 atom stereocenters. The lowest BCUT2D eigenvalue weighted by Gasteiger charge is -2.08. The summed E-state index contributed by atoms with van der Waals surface area (Å²) in [5.41, 5.74) is 1.43. The summed E-state index contributed by atoms with van der Waals surface area (Å²) in [6.45, 7) is 0. The number of nitrogens with one attached hydrogen (secondary N) is 2. The second-order valence-corrected chi connectivity index (χ2v) is 7.95. The number of anilines is 1. The predicted molar refractivity (Wildman–Crippen MR) is 99.9 cm³/mol. The van der Waals surface area contributed by atoms with Gasteiger partial charge in [0.05, 0.1) is 17.6 Å². The summed E-state index contributed by atoms with van der Waals surface area (Å²) in [6.07, 6.45) is 4.77. The van der Waals surface area contributed by atoms with Crippen molar-refractivity contribution in [3.05, 3.63) is 47.2 Å². The molecule has 8 nitrogen and oxygen atoms in total. The van der Waals surface area contributed by atoms with Crippen LogP contribution in [0.3, 0.4) is 0 Å². The van der Waals surface area contributed by atoms with Crippen molar-refractivity contribution < 1.29 is 13.2 Å². The largest absolute Gasteiger partial charge is 0.479 e. The van der Waals surface area contributed by atoms with Crippen molar-refractivity contribution in [2.24, 2.45) is 0 Å². The molecule has 2 N–H and O–H groups in total. The quantitative estimate of drug-likeness (QED) is 0.526. The van der Waals surface area contributed by atoms with Crippen LogP contribution < -0.4 is 9.46 Å². The van der Waals surface area contributed by atoms with E-state index in [4.69, 9.17) is 16.3 Å². The van der Waals surface area contributed by atoms with E-state index < -0.39 is 10.0 Å². The number of nitrogens with zero attached hydrogens (tertiary/aromatic N) is 3. The SMILES string of the molecule is COc1nscc1NS(=O)(=O)c1c[nH]c2c(-n3cccn3)c(Cl)ccc12. The maximum absolute atomic E-state index is 12.9. The van der Waals surface area contributed by atoms with Crippen LogP contribution in [0.25, 0.3) is 16.6 Å². The Labute approximate surface area is 157 Å². The average molecular weight is 410 g/mol. The lowest BCUT2D eigenvalue weighted by Crippen LogP contribution is -2.12. The Hall–Kier alpha value is -2.56. The smallest absolute Gasteiger partial charge is 0.264 e. The third-order valence-corrected chi connectivity index (χ3v) is 6.06. The zero-order valence-electron chi connectivity index (χ0n) is 13.3. The van der Waals surface area contributed by atoms with Crippen molar-refractivity contribution >= 4 is 49.7 Å². The van der Waals surface area contributed by atoms with Gasteiger partial charge in [0.1, 0.15) is 16.3 Å². The fourth-order valence-electron chi connectivity index (χ4n) is 2.62. The van der Waals surface area contributed by atoms with E-state index in [-0.39, 0.29) is 16.5 Å². The second kappa shape index (κ2) is 6.31. The van der Waals surface area contributed by atoms with E-state index in [9.17, 15) is 8.42 Å². The van der Waals surface area contributed by atoms with Gasteiger partial charge in [0.15, 0.2) is 0 Å². The first-order valence-corrected chi connectivity index (χ1v) is 10.0. The summed E-state index contributed by atoms with van der Waals surface area (Å²) in [5, 5.41) is 6.69. The number of aromatic amines is 1. The Morgan fingerprint density at radius 3 is 2.96 bits per heavy atom. The van der Waals surface area contributed by atoms with Crippen LogP contribution in [0.5, 0.6) is 5.88 Å². The van der Waals surface area contributed by atoms with Gasteiger partial charge in [0.25, 0.3) is 10.0 Å². The number of H-pyrrole nitrogens is 1. The minimum Gasteiger partial charge on any atom is -0.479 e. The van der Waals surface area contributed by atoms with Gasteiger partial charge in [-0.3, -0.25) is 4.72 Å². The van der Waals surface area contributed by atoms with Gasteiger partial charge in [-0.1, -0.05) is 11.6 Å². The molecule has 0 unspecified atom stereocenters. The number of ether oxygens (including phenoxy) is 1. The number of fused-ring (bicyclic) bond motifs is 1. The summed E-state index contributed by atoms with van der Waals surface area (Å²) in [4.78, 5) is 3.08. The van der Waals surface area contributed by atoms with Crippen LogP contribution >= 0.6 is 23.1 Å². The lowest BCUT2D eigenvalue weighted by molar-refractivity contribution is 0.405. The van der Waals surface area contributed by atoms with Gasteiger partial charge in [-0.2, -0.15) is 9.47 Å². The van der Waals surface area contributed by atoms with Gasteiger partial charge in [0, 0.05) is 29.4 Å². The molecule has 1 aromatic carbocycles. The van der Waals surface area contributed by atoms with Crippen molar-refractivity contribution in [1.82, 2.24) is 19.1 Å². The highest BCUT2D eigenvalue weighted by Crippen LogP contribution is 2.34. The molecule has 0 bridgehead atoms. The van der Waals surface area contributed by atoms with E-state index in [2.05, 4.69) is 19.2 Å². The van der Waals surface area contributed by atoms with Crippen LogP contribution in [-0.2, 0) is 10.0 Å². The van der Waals surface area contributed by atoms with Crippen molar-refractivity contribution in [2.75, 3.05) is 11.8 Å². The molecule has 0 aliphatic heterocycles. The fraction of sp³-hybridized carbons (Fsp3) is 0.0667. The molecule has 134 valence electrons. The zero-order chi connectivity index (χ0) is 18.3. The molecule has 0 amide bonds. The normalized spacial score (nSPS) is 11.8. The third kappa shape index (κ3) is 2.71. The van der Waals surface area contributed by atoms with Crippen LogP contribution in [0.1, 0.15) is 0 Å². The topological polar surface area (TPSA) is 102 Å². The summed E-state index contributed by atoms with van der Waals surface area (Å²) in [6, 6.07) is 5.05. The van der Waals surface area contributed by atoms with E-state index in [1.54, 1.807) is 40.7 Å². The molecule has 0 radical (unpaired) electrons. The van der Waals surface area contributed by atoms with Gasteiger partial charge in [0.2, 0.25) is 5.88 Å². The van der Waals surface area contributed by atoms with Crippen molar-refractivity contribution in [3.63, 3.8) is 0 Å². The van der Waals surface area contributed by atoms with Crippen LogP contribution in [0.2, 0.25) is 5.02 Å². The van der Waals surface area contributed by atoms with E-state index in [1.165, 1.54) is 13.3 Å². The molecule has 26 heavy (non-hydrogen) atoms. The molecule has 0 saturated heterocycles. The van der Waals surface area contributed by atoms with E-state index >= 15 is 0 Å². The fourth-order valence-corrected chi connectivity index (χ4v) is 4.75. The Morgan fingerprint density at radius 2 is 2.23 bits per heavy atom. The van der Waals surface area contributed by atoms with E-state index in [0.717, 1.165) is 11.5 Å². The average Bonchev–Trinajstić information content (AvgIpc) is 3.34. The molecular formula is C15H12ClN5O3S2. The molecule has 3 aromatic heterocycles. The maximum atomic E-state index is 12.9. The second-order valence-electron chi connectivity index (χ2n) is 5.27. The Morgan fingerprint density at radius 1 is 1.38 bits per heavy atom. The highest BCUT2D eigenvalue weighted by atomic mass is 35.5. The number of benzene rings is 1. The first-order valence-electron chi connectivity index (χ1n) is 7.32. The lowest BCUT2D eigenvalue weighted by atomic mass is 10.2. The highest BCUT2D eigenvalue weighted by molar-refractivity contribution is 7.93. The number of sulfonamides is 1. The molecule has 3 heterocycles. The Balaban J connectivity index is 1.84. The number of aromatic nitrogens is 4. The van der Waals surface area contributed by atoms with Gasteiger partial charge < -0.3 is 9.72 Å². The number of methoxy groups -OCH3 is 1. The van der Waals surface area contributed by atoms with Crippen molar-refractivity contribution in [3.8, 4) is 11.6 Å². The molecule has 0 fully saturated rings. The molecular weight excluding hydrogens is 398 g/mol. The van der Waals surface area contributed by atoms with Crippen molar-refractivity contribution in [2.45, 2.75) is 4.90 Å². The summed E-state index contributed by atoms with van der Waals surface area (Å²) >= 11 is 7.40. The minimum absolute atomic E-state index is 0.0887. The van der Waals surface area contributed by atoms with Gasteiger partial charge in [-0.25, -0.2) is 13.1 Å². The van der Waals surface area contributed by atoms with E-state index in [1.807, 2.05) is 0 Å². The number of hydrogen-bond acceptors (Lipinski definition) is 6. The molecule has 0 saturated carbocycles. The molecule has 0 aliphatic carbocycles. The summed E-state index contributed by atoms with van der Waals surface area (Å²) in [5.74, 6) is 0.221. The predicted octanol–water partition coefficient (Wildman–Crippen LogP) is 3.27. The Bertz CT molecular complexity index is 1180. The first-order chi connectivity index (χ1) is 12.5. The molecule has 4 rings (SSSR count). The van der Waals surface area contributed by atoms with Crippen molar-refractivity contribution in [1.29, 1.82) is 0 Å². The van der Waals surface area contributed by atoms with Crippen LogP contribution in [0, 0.1) is 0 Å². The monoisotopic (exact) mass is 409 g/mol. The van der Waals surface area contributed by atoms with Crippen LogP contribution in [-0.4, -0.2) is 34.7 Å². The molecule has 0 spiro atoms. The Kier molecular flexibility index (Phi) is 4.10. The zero-order valence-corrected chi connectivity index (χ0v) is 15.7. The third-order valence-electron chi connectivity index (χ3n) is 3.74. The molecule has 0 aliphatic rings. The van der Waals surface area contributed by atoms with Crippen LogP contribution in [0.4, 0.5) is 5.69 Å². The van der Waals surface area contributed by atoms with Gasteiger partial charge in [-0.15, -0.1) is 0 Å². The summed E-state index contributed by atoms with van der Waals surface area (Å²) < 4.78 is 38.8.